The van der Waals surface area contributed by atoms with Gasteiger partial charge in [0.15, 0.2) is 0 Å². The lowest BCUT2D eigenvalue weighted by Crippen LogP contribution is -2.57. The molecule has 0 bridgehead atoms. The summed E-state index contributed by atoms with van der Waals surface area (Å²) in [7, 11) is 1.55. The molecule has 0 aliphatic rings. The monoisotopic (exact) mass is 553 g/mol. The second-order valence-corrected chi connectivity index (χ2v) is 12.7. The van der Waals surface area contributed by atoms with Gasteiger partial charge in [0.05, 0.1) is 0 Å². The van der Waals surface area contributed by atoms with Gasteiger partial charge >= 0.3 is 6.09 Å². The Kier molecular flexibility index (Phi) is 11.6. The highest BCUT2D eigenvalue weighted by Gasteiger charge is 2.34. The standard InChI is InChI=1S/C32H47N3O5/c1-22(2)19-27(35(9)30(38)40-32(6,7)8)29(37)33-26(28(36)34-31(3,4)5)20-23-15-17-25(18-16-23)39-21-24-13-11-10-12-14-24/h10-18,22,26-27H,19-21H2,1-9H3,(H,33,37)(H,34,36)/t26-,27-/m0/s1. The van der Waals surface area contributed by atoms with Crippen LogP contribution in [-0.4, -0.2) is 53.1 Å². The Morgan fingerprint density at radius 1 is 0.850 bits per heavy atom. The minimum absolute atomic E-state index is 0.130. The maximum atomic E-state index is 13.6. The number of likely N-dealkylation sites (N-methyl/N-ethyl adjacent to an activating group) is 1. The van der Waals surface area contributed by atoms with Crippen LogP contribution in [0.5, 0.6) is 5.75 Å². The molecule has 220 valence electrons. The normalized spacial score (nSPS) is 13.2. The van der Waals surface area contributed by atoms with Crippen LogP contribution in [0.2, 0.25) is 0 Å². The van der Waals surface area contributed by atoms with Crippen LogP contribution in [0, 0.1) is 5.92 Å². The van der Waals surface area contributed by atoms with Gasteiger partial charge in [0.1, 0.15) is 30.0 Å². The van der Waals surface area contributed by atoms with Gasteiger partial charge in [-0.1, -0.05) is 56.3 Å². The molecule has 2 N–H and O–H groups in total. The number of benzene rings is 2. The molecule has 2 atom stereocenters. The summed E-state index contributed by atoms with van der Waals surface area (Å²) in [6, 6.07) is 15.8. The topological polar surface area (TPSA) is 97.0 Å². The van der Waals surface area contributed by atoms with Crippen LogP contribution in [0.25, 0.3) is 0 Å². The van der Waals surface area contributed by atoms with Crippen LogP contribution in [-0.2, 0) is 27.4 Å². The van der Waals surface area contributed by atoms with E-state index in [1.54, 1.807) is 27.8 Å². The van der Waals surface area contributed by atoms with Gasteiger partial charge in [-0.15, -0.1) is 0 Å². The fourth-order valence-electron chi connectivity index (χ4n) is 3.98. The second kappa shape index (κ2) is 14.2. The Balaban J connectivity index is 2.20. The summed E-state index contributed by atoms with van der Waals surface area (Å²) in [5, 5.41) is 5.90. The Hall–Kier alpha value is -3.55. The maximum Gasteiger partial charge on any atom is 0.410 e. The molecule has 0 aromatic heterocycles. The maximum absolute atomic E-state index is 13.6. The van der Waals surface area contributed by atoms with E-state index in [1.807, 2.05) is 89.2 Å². The van der Waals surface area contributed by atoms with Crippen molar-refractivity contribution in [3.63, 3.8) is 0 Å². The smallest absolute Gasteiger partial charge is 0.410 e. The molecule has 0 aliphatic heterocycles. The zero-order valence-corrected chi connectivity index (χ0v) is 25.5. The van der Waals surface area contributed by atoms with Crippen LogP contribution in [0.3, 0.4) is 0 Å². The minimum atomic E-state index is -0.843. The average molecular weight is 554 g/mol. The van der Waals surface area contributed by atoms with Gasteiger partial charge in [0.25, 0.3) is 0 Å². The van der Waals surface area contributed by atoms with Gasteiger partial charge in [-0.3, -0.25) is 14.5 Å². The lowest BCUT2D eigenvalue weighted by Gasteiger charge is -2.32. The van der Waals surface area contributed by atoms with E-state index < -0.39 is 35.2 Å². The van der Waals surface area contributed by atoms with Gasteiger partial charge < -0.3 is 20.1 Å². The van der Waals surface area contributed by atoms with Crippen molar-refractivity contribution in [2.24, 2.45) is 5.92 Å². The molecule has 2 aromatic rings. The molecule has 0 unspecified atom stereocenters. The van der Waals surface area contributed by atoms with Crippen molar-refractivity contribution < 1.29 is 23.9 Å². The van der Waals surface area contributed by atoms with Gasteiger partial charge in [-0.05, 0) is 77.1 Å². The van der Waals surface area contributed by atoms with Crippen molar-refractivity contribution in [2.75, 3.05) is 7.05 Å². The van der Waals surface area contributed by atoms with Gasteiger partial charge in [0.2, 0.25) is 11.8 Å². The first-order valence-corrected chi connectivity index (χ1v) is 13.9. The molecule has 0 saturated carbocycles. The quantitative estimate of drug-likeness (QED) is 0.384. The largest absolute Gasteiger partial charge is 0.489 e. The third-order valence-corrected chi connectivity index (χ3v) is 5.89. The first-order chi connectivity index (χ1) is 18.5. The number of carbonyl (C=O) groups is 3. The van der Waals surface area contributed by atoms with Gasteiger partial charge in [-0.2, -0.15) is 0 Å². The molecular weight excluding hydrogens is 506 g/mol. The molecule has 3 amide bonds. The summed E-state index contributed by atoms with van der Waals surface area (Å²) in [5.74, 6) is 0.140. The van der Waals surface area contributed by atoms with E-state index >= 15 is 0 Å². The van der Waals surface area contributed by atoms with Crippen molar-refractivity contribution in [3.05, 3.63) is 65.7 Å². The predicted octanol–water partition coefficient (Wildman–Crippen LogP) is 5.49. The summed E-state index contributed by atoms with van der Waals surface area (Å²) in [6.07, 6.45) is 0.106. The number of ether oxygens (including phenoxy) is 2. The lowest BCUT2D eigenvalue weighted by atomic mass is 9.99. The molecule has 0 saturated heterocycles. The molecule has 40 heavy (non-hydrogen) atoms. The molecule has 8 nitrogen and oxygen atoms in total. The molecule has 8 heteroatoms. The second-order valence-electron chi connectivity index (χ2n) is 12.7. The van der Waals surface area contributed by atoms with E-state index in [9.17, 15) is 14.4 Å². The van der Waals surface area contributed by atoms with Crippen molar-refractivity contribution in [1.29, 1.82) is 0 Å². The zero-order valence-electron chi connectivity index (χ0n) is 25.5. The number of hydrogen-bond acceptors (Lipinski definition) is 5. The van der Waals surface area contributed by atoms with Crippen LogP contribution < -0.4 is 15.4 Å². The highest BCUT2D eigenvalue weighted by atomic mass is 16.6. The number of hydrogen-bond donors (Lipinski definition) is 2. The molecule has 0 fully saturated rings. The number of carbonyl (C=O) groups excluding carboxylic acids is 3. The summed E-state index contributed by atoms with van der Waals surface area (Å²) in [6.45, 7) is 15.4. The summed E-state index contributed by atoms with van der Waals surface area (Å²) in [5.41, 5.74) is 0.749. The molecular formula is C32H47N3O5. The number of amides is 3. The third-order valence-electron chi connectivity index (χ3n) is 5.89. The Labute approximate surface area is 239 Å². The van der Waals surface area contributed by atoms with E-state index in [0.29, 0.717) is 18.8 Å². The number of rotatable bonds is 11. The molecule has 0 heterocycles. The summed E-state index contributed by atoms with van der Waals surface area (Å²) >= 11 is 0. The molecule has 2 rings (SSSR count). The minimum Gasteiger partial charge on any atom is -0.489 e. The molecule has 0 aliphatic carbocycles. The van der Waals surface area contributed by atoms with Crippen LogP contribution in [0.15, 0.2) is 54.6 Å². The first-order valence-electron chi connectivity index (χ1n) is 13.9. The van der Waals surface area contributed by atoms with Crippen LogP contribution >= 0.6 is 0 Å². The van der Waals surface area contributed by atoms with E-state index in [-0.39, 0.29) is 18.2 Å². The van der Waals surface area contributed by atoms with Crippen molar-refractivity contribution in [2.45, 2.75) is 98.1 Å². The van der Waals surface area contributed by atoms with Crippen molar-refractivity contribution in [1.82, 2.24) is 15.5 Å². The highest BCUT2D eigenvalue weighted by molar-refractivity contribution is 5.91. The Morgan fingerprint density at radius 2 is 1.45 bits per heavy atom. The Morgan fingerprint density at radius 3 is 1.98 bits per heavy atom. The predicted molar refractivity (Wildman–Crippen MR) is 158 cm³/mol. The highest BCUT2D eigenvalue weighted by Crippen LogP contribution is 2.18. The van der Waals surface area contributed by atoms with E-state index in [1.165, 1.54) is 4.90 Å². The van der Waals surface area contributed by atoms with Gasteiger partial charge in [-0.25, -0.2) is 4.79 Å². The first kappa shape index (κ1) is 32.7. The molecule has 2 aromatic carbocycles. The molecule has 0 spiro atoms. The zero-order chi connectivity index (χ0) is 30.1. The van der Waals surface area contributed by atoms with E-state index in [4.69, 9.17) is 9.47 Å². The SMILES string of the molecule is CC(C)C[C@@H](C(=O)N[C@@H](Cc1ccc(OCc2ccccc2)cc1)C(=O)NC(C)(C)C)N(C)C(=O)OC(C)(C)C. The third kappa shape index (κ3) is 11.7. The van der Waals surface area contributed by atoms with Crippen molar-refractivity contribution >= 4 is 17.9 Å². The van der Waals surface area contributed by atoms with Crippen LogP contribution in [0.4, 0.5) is 4.79 Å². The fourth-order valence-corrected chi connectivity index (χ4v) is 3.98. The lowest BCUT2D eigenvalue weighted by molar-refractivity contribution is -0.132. The van der Waals surface area contributed by atoms with E-state index in [2.05, 4.69) is 10.6 Å². The Bertz CT molecular complexity index is 1100. The molecule has 0 radical (unpaired) electrons. The van der Waals surface area contributed by atoms with Gasteiger partial charge in [0, 0.05) is 19.0 Å². The van der Waals surface area contributed by atoms with E-state index in [0.717, 1.165) is 11.1 Å². The number of nitrogens with zero attached hydrogens (tertiary/aromatic N) is 1. The summed E-state index contributed by atoms with van der Waals surface area (Å²) in [4.78, 5) is 41.0. The summed E-state index contributed by atoms with van der Waals surface area (Å²) < 4.78 is 11.4. The van der Waals surface area contributed by atoms with Crippen molar-refractivity contribution in [3.8, 4) is 5.75 Å². The average Bonchev–Trinajstić information content (AvgIpc) is 2.84. The number of nitrogens with one attached hydrogen (secondary N) is 2. The van der Waals surface area contributed by atoms with Crippen LogP contribution in [0.1, 0.15) is 72.9 Å². The fraction of sp³-hybridized carbons (Fsp3) is 0.531.